The van der Waals surface area contributed by atoms with Gasteiger partial charge in [0.1, 0.15) is 0 Å². The van der Waals surface area contributed by atoms with E-state index in [9.17, 15) is 0 Å². The zero-order valence-electron chi connectivity index (χ0n) is 10.6. The maximum Gasteiger partial charge on any atom is 0.0317 e. The Hall–Kier alpha value is -0.470. The van der Waals surface area contributed by atoms with E-state index in [1.54, 1.807) is 0 Å². The highest BCUT2D eigenvalue weighted by Crippen LogP contribution is 2.22. The van der Waals surface area contributed by atoms with Gasteiger partial charge in [0.05, 0.1) is 0 Å². The molecule has 90 valence electrons. The molecule has 0 saturated heterocycles. The quantitative estimate of drug-likeness (QED) is 0.712. The molecular weight excluding hydrogens is 214 g/mol. The van der Waals surface area contributed by atoms with Crippen molar-refractivity contribution < 1.29 is 0 Å². The molecule has 0 spiro atoms. The van der Waals surface area contributed by atoms with E-state index in [4.69, 9.17) is 0 Å². The molecule has 0 fully saturated rings. The number of hydrogen-bond acceptors (Lipinski definition) is 2. The highest BCUT2D eigenvalue weighted by molar-refractivity contribution is 7.99. The van der Waals surface area contributed by atoms with Crippen LogP contribution in [0.25, 0.3) is 0 Å². The van der Waals surface area contributed by atoms with Crippen molar-refractivity contribution in [2.75, 3.05) is 12.3 Å². The predicted octanol–water partition coefficient (Wildman–Crippen LogP) is 4.25. The molecule has 1 unspecified atom stereocenters. The van der Waals surface area contributed by atoms with Gasteiger partial charge in [-0.25, -0.2) is 0 Å². The van der Waals surface area contributed by atoms with Gasteiger partial charge < -0.3 is 5.32 Å². The maximum absolute atomic E-state index is 3.50. The van der Waals surface area contributed by atoms with Crippen LogP contribution in [0.2, 0.25) is 0 Å². The third-order valence-corrected chi connectivity index (χ3v) is 3.83. The summed E-state index contributed by atoms with van der Waals surface area (Å²) in [4.78, 5) is 1.39. The third kappa shape index (κ3) is 4.18. The van der Waals surface area contributed by atoms with Gasteiger partial charge in [-0.15, -0.1) is 11.8 Å². The van der Waals surface area contributed by atoms with Crippen LogP contribution in [-0.4, -0.2) is 12.3 Å². The van der Waals surface area contributed by atoms with Crippen LogP contribution >= 0.6 is 11.8 Å². The first kappa shape index (κ1) is 13.6. The van der Waals surface area contributed by atoms with Crippen molar-refractivity contribution in [3.63, 3.8) is 0 Å². The predicted molar refractivity (Wildman–Crippen MR) is 74.2 cm³/mol. The molecule has 1 aromatic carbocycles. The molecule has 1 rings (SSSR count). The Morgan fingerprint density at radius 3 is 2.31 bits per heavy atom. The normalized spacial score (nSPS) is 12.7. The SMILES string of the molecule is CCCSc1ccc(C(CC)NCC)cc1. The zero-order valence-corrected chi connectivity index (χ0v) is 11.4. The lowest BCUT2D eigenvalue weighted by atomic mass is 10.1. The Morgan fingerprint density at radius 2 is 1.81 bits per heavy atom. The number of nitrogens with one attached hydrogen (secondary N) is 1. The topological polar surface area (TPSA) is 12.0 Å². The lowest BCUT2D eigenvalue weighted by molar-refractivity contribution is 0.537. The van der Waals surface area contributed by atoms with Gasteiger partial charge in [-0.1, -0.05) is 32.9 Å². The summed E-state index contributed by atoms with van der Waals surface area (Å²) in [5.41, 5.74) is 1.41. The van der Waals surface area contributed by atoms with Crippen molar-refractivity contribution in [2.45, 2.75) is 44.6 Å². The Labute approximate surface area is 104 Å². The molecule has 1 N–H and O–H groups in total. The van der Waals surface area contributed by atoms with Gasteiger partial charge in [-0.05, 0) is 42.8 Å². The summed E-state index contributed by atoms with van der Waals surface area (Å²) in [6.07, 6.45) is 2.39. The minimum atomic E-state index is 0.509. The second-order valence-electron chi connectivity index (χ2n) is 3.94. The van der Waals surface area contributed by atoms with Crippen LogP contribution in [-0.2, 0) is 0 Å². The summed E-state index contributed by atoms with van der Waals surface area (Å²) < 4.78 is 0. The summed E-state index contributed by atoms with van der Waals surface area (Å²) >= 11 is 1.94. The Kier molecular flexibility index (Phi) is 6.58. The van der Waals surface area contributed by atoms with E-state index < -0.39 is 0 Å². The molecule has 0 heterocycles. The van der Waals surface area contributed by atoms with Crippen molar-refractivity contribution in [3.05, 3.63) is 29.8 Å². The van der Waals surface area contributed by atoms with E-state index in [0.717, 1.165) is 13.0 Å². The minimum absolute atomic E-state index is 0.509. The van der Waals surface area contributed by atoms with Gasteiger partial charge >= 0.3 is 0 Å². The Balaban J connectivity index is 2.61. The first-order chi connectivity index (χ1) is 7.81. The smallest absolute Gasteiger partial charge is 0.0317 e. The molecule has 1 atom stereocenters. The lowest BCUT2D eigenvalue weighted by Crippen LogP contribution is -2.19. The second-order valence-corrected chi connectivity index (χ2v) is 5.10. The standard InChI is InChI=1S/C14H23NS/c1-4-11-16-13-9-7-12(8-10-13)14(5-2)15-6-3/h7-10,14-15H,4-6,11H2,1-3H3. The van der Waals surface area contributed by atoms with Gasteiger partial charge in [-0.3, -0.25) is 0 Å². The zero-order chi connectivity index (χ0) is 11.8. The lowest BCUT2D eigenvalue weighted by Gasteiger charge is -2.16. The van der Waals surface area contributed by atoms with Crippen LogP contribution in [0.3, 0.4) is 0 Å². The second kappa shape index (κ2) is 7.75. The highest BCUT2D eigenvalue weighted by Gasteiger charge is 2.06. The summed E-state index contributed by atoms with van der Waals surface area (Å²) in [6, 6.07) is 9.52. The molecule has 0 amide bonds. The molecule has 0 aliphatic carbocycles. The number of benzene rings is 1. The molecule has 0 bridgehead atoms. The van der Waals surface area contributed by atoms with Gasteiger partial charge in [-0.2, -0.15) is 0 Å². The molecule has 0 saturated carbocycles. The van der Waals surface area contributed by atoms with Crippen LogP contribution in [0, 0.1) is 0 Å². The molecule has 0 aliphatic rings. The summed E-state index contributed by atoms with van der Waals surface area (Å²) in [6.45, 7) is 7.64. The maximum atomic E-state index is 3.50. The number of thioether (sulfide) groups is 1. The summed E-state index contributed by atoms with van der Waals surface area (Å²) in [5, 5.41) is 3.50. The van der Waals surface area contributed by atoms with E-state index in [1.807, 2.05) is 11.8 Å². The molecule has 1 nitrogen and oxygen atoms in total. The fourth-order valence-electron chi connectivity index (χ4n) is 1.76. The van der Waals surface area contributed by atoms with E-state index in [2.05, 4.69) is 50.4 Å². The summed E-state index contributed by atoms with van der Waals surface area (Å²) in [7, 11) is 0. The van der Waals surface area contributed by atoms with Gasteiger partial charge in [0.2, 0.25) is 0 Å². The van der Waals surface area contributed by atoms with Crippen molar-refractivity contribution in [2.24, 2.45) is 0 Å². The van der Waals surface area contributed by atoms with Gasteiger partial charge in [0, 0.05) is 10.9 Å². The molecule has 2 heteroatoms. The first-order valence-electron chi connectivity index (χ1n) is 6.27. The Bertz CT molecular complexity index is 281. The fraction of sp³-hybridized carbons (Fsp3) is 0.571. The van der Waals surface area contributed by atoms with Gasteiger partial charge in [0.15, 0.2) is 0 Å². The van der Waals surface area contributed by atoms with E-state index >= 15 is 0 Å². The highest BCUT2D eigenvalue weighted by atomic mass is 32.2. The average Bonchev–Trinajstić information content (AvgIpc) is 2.34. The number of hydrogen-bond donors (Lipinski definition) is 1. The van der Waals surface area contributed by atoms with Crippen LogP contribution < -0.4 is 5.32 Å². The largest absolute Gasteiger partial charge is 0.310 e. The van der Waals surface area contributed by atoms with E-state index in [-0.39, 0.29) is 0 Å². The third-order valence-electron chi connectivity index (χ3n) is 2.61. The molecule has 1 aromatic rings. The Morgan fingerprint density at radius 1 is 1.12 bits per heavy atom. The van der Waals surface area contributed by atoms with Crippen molar-refractivity contribution in [3.8, 4) is 0 Å². The molecule has 0 radical (unpaired) electrons. The van der Waals surface area contributed by atoms with Crippen molar-refractivity contribution in [1.29, 1.82) is 0 Å². The molecular formula is C14H23NS. The molecule has 16 heavy (non-hydrogen) atoms. The van der Waals surface area contributed by atoms with Crippen LogP contribution in [0.15, 0.2) is 29.2 Å². The van der Waals surface area contributed by atoms with Crippen LogP contribution in [0.1, 0.15) is 45.2 Å². The fourth-order valence-corrected chi connectivity index (χ4v) is 2.53. The van der Waals surface area contributed by atoms with E-state index in [0.29, 0.717) is 6.04 Å². The first-order valence-corrected chi connectivity index (χ1v) is 7.26. The van der Waals surface area contributed by atoms with E-state index in [1.165, 1.54) is 22.6 Å². The molecule has 0 aliphatic heterocycles. The molecule has 0 aromatic heterocycles. The monoisotopic (exact) mass is 237 g/mol. The van der Waals surface area contributed by atoms with Crippen LogP contribution in [0.5, 0.6) is 0 Å². The minimum Gasteiger partial charge on any atom is -0.310 e. The van der Waals surface area contributed by atoms with Crippen molar-refractivity contribution >= 4 is 11.8 Å². The average molecular weight is 237 g/mol. The number of rotatable bonds is 7. The van der Waals surface area contributed by atoms with Crippen molar-refractivity contribution in [1.82, 2.24) is 5.32 Å². The van der Waals surface area contributed by atoms with Gasteiger partial charge in [0.25, 0.3) is 0 Å². The van der Waals surface area contributed by atoms with Crippen LogP contribution in [0.4, 0.5) is 0 Å². The summed E-state index contributed by atoms with van der Waals surface area (Å²) in [5.74, 6) is 1.21.